The molecule has 0 radical (unpaired) electrons. The fourth-order valence-corrected chi connectivity index (χ4v) is 1.37. The minimum atomic E-state index is -1.05. The number of nitrogens with one attached hydrogen (secondary N) is 1. The molecule has 0 aliphatic rings. The third-order valence-electron chi connectivity index (χ3n) is 2.34. The highest BCUT2D eigenvalue weighted by Crippen LogP contribution is 2.11. The molecule has 0 bridgehead atoms. The molecule has 0 heterocycles. The average molecular weight is 271 g/mol. The number of rotatable bonds is 10. The number of aliphatic carboxylic acids is 1. The van der Waals surface area contributed by atoms with Crippen LogP contribution in [0.1, 0.15) is 19.3 Å². The van der Waals surface area contributed by atoms with Gasteiger partial charge < -0.3 is 16.2 Å². The Kier molecular flexibility index (Phi) is 8.76. The van der Waals surface area contributed by atoms with Gasteiger partial charge in [-0.3, -0.25) is 14.4 Å². The highest BCUT2D eigenvalue weighted by Gasteiger charge is 2.20. The molecule has 19 heavy (non-hydrogen) atoms. The number of Topliss-reactive ketones (excluding diaryl/α,β-unsaturated/α-hetero) is 1. The SMILES string of the molecule is [N-]=[N+]=NCC(=O)NCC(=O)CC(CCCN)C(=O)O. The molecule has 1 atom stereocenters. The van der Waals surface area contributed by atoms with Gasteiger partial charge in [-0.1, -0.05) is 5.11 Å². The molecule has 4 N–H and O–H groups in total. The lowest BCUT2D eigenvalue weighted by Gasteiger charge is -2.11. The molecule has 0 aromatic rings. The first kappa shape index (κ1) is 16.9. The van der Waals surface area contributed by atoms with E-state index in [9.17, 15) is 14.4 Å². The molecule has 9 heteroatoms. The Balaban J connectivity index is 4.08. The summed E-state index contributed by atoms with van der Waals surface area (Å²) in [5, 5.41) is 14.2. The van der Waals surface area contributed by atoms with Crippen LogP contribution in [0.3, 0.4) is 0 Å². The van der Waals surface area contributed by atoms with E-state index in [1.807, 2.05) is 0 Å². The maximum atomic E-state index is 11.5. The lowest BCUT2D eigenvalue weighted by molar-refractivity contribution is -0.144. The fraction of sp³-hybridized carbons (Fsp3) is 0.700. The van der Waals surface area contributed by atoms with Crippen LogP contribution in [0.4, 0.5) is 0 Å². The summed E-state index contributed by atoms with van der Waals surface area (Å²) in [7, 11) is 0. The van der Waals surface area contributed by atoms with E-state index in [1.54, 1.807) is 0 Å². The number of hydrogen-bond donors (Lipinski definition) is 3. The summed E-state index contributed by atoms with van der Waals surface area (Å²) in [6, 6.07) is 0. The molecule has 0 saturated heterocycles. The number of hydrogen-bond acceptors (Lipinski definition) is 5. The van der Waals surface area contributed by atoms with Crippen LogP contribution in [0.15, 0.2) is 5.11 Å². The molecule has 0 aliphatic carbocycles. The van der Waals surface area contributed by atoms with Gasteiger partial charge in [-0.2, -0.15) is 0 Å². The minimum absolute atomic E-state index is 0.156. The van der Waals surface area contributed by atoms with Crippen molar-refractivity contribution in [3.8, 4) is 0 Å². The predicted molar refractivity (Wildman–Crippen MR) is 66.1 cm³/mol. The van der Waals surface area contributed by atoms with Gasteiger partial charge >= 0.3 is 5.97 Å². The molecular formula is C10H17N5O4. The van der Waals surface area contributed by atoms with Crippen molar-refractivity contribution in [2.75, 3.05) is 19.6 Å². The number of nitrogens with two attached hydrogens (primary N) is 1. The molecule has 0 aliphatic heterocycles. The molecule has 0 aromatic heterocycles. The summed E-state index contributed by atoms with van der Waals surface area (Å²) in [5.41, 5.74) is 13.3. The molecule has 0 spiro atoms. The fourth-order valence-electron chi connectivity index (χ4n) is 1.37. The lowest BCUT2D eigenvalue weighted by atomic mass is 9.97. The topological polar surface area (TPSA) is 158 Å². The summed E-state index contributed by atoms with van der Waals surface area (Å²) in [6.07, 6.45) is 0.689. The first-order valence-corrected chi connectivity index (χ1v) is 5.73. The Labute approximate surface area is 109 Å². The van der Waals surface area contributed by atoms with Crippen LogP contribution in [-0.2, 0) is 14.4 Å². The zero-order valence-electron chi connectivity index (χ0n) is 10.4. The molecule has 0 aromatic carbocycles. The molecule has 9 nitrogen and oxygen atoms in total. The van der Waals surface area contributed by atoms with Gasteiger partial charge in [0.25, 0.3) is 0 Å². The number of carbonyl (C=O) groups excluding carboxylic acids is 2. The Morgan fingerprint density at radius 3 is 2.63 bits per heavy atom. The van der Waals surface area contributed by atoms with E-state index in [4.69, 9.17) is 16.4 Å². The quantitative estimate of drug-likeness (QED) is 0.285. The number of ketones is 1. The maximum absolute atomic E-state index is 11.5. The largest absolute Gasteiger partial charge is 0.481 e. The molecule has 0 saturated carbocycles. The van der Waals surface area contributed by atoms with Crippen molar-refractivity contribution < 1.29 is 19.5 Å². The molecular weight excluding hydrogens is 254 g/mol. The van der Waals surface area contributed by atoms with Crippen LogP contribution in [0, 0.1) is 5.92 Å². The van der Waals surface area contributed by atoms with Crippen molar-refractivity contribution in [2.24, 2.45) is 16.8 Å². The van der Waals surface area contributed by atoms with Gasteiger partial charge in [0, 0.05) is 11.3 Å². The van der Waals surface area contributed by atoms with Crippen molar-refractivity contribution in [3.63, 3.8) is 0 Å². The van der Waals surface area contributed by atoms with E-state index in [1.165, 1.54) is 0 Å². The molecule has 106 valence electrons. The van der Waals surface area contributed by atoms with Gasteiger partial charge in [0.15, 0.2) is 5.78 Å². The highest BCUT2D eigenvalue weighted by atomic mass is 16.4. The Morgan fingerprint density at radius 1 is 1.42 bits per heavy atom. The predicted octanol–water partition coefficient (Wildman–Crippen LogP) is -0.188. The number of amides is 1. The first-order chi connectivity index (χ1) is 9.01. The van der Waals surface area contributed by atoms with E-state index in [0.29, 0.717) is 19.4 Å². The van der Waals surface area contributed by atoms with Gasteiger partial charge in [-0.05, 0) is 24.9 Å². The van der Waals surface area contributed by atoms with Crippen molar-refractivity contribution in [1.29, 1.82) is 0 Å². The third-order valence-corrected chi connectivity index (χ3v) is 2.34. The molecule has 1 unspecified atom stereocenters. The number of azide groups is 1. The van der Waals surface area contributed by atoms with Gasteiger partial charge in [0.1, 0.15) is 6.54 Å². The molecule has 0 rings (SSSR count). The number of nitrogens with zero attached hydrogens (tertiary/aromatic N) is 3. The van der Waals surface area contributed by atoms with Crippen molar-refractivity contribution in [3.05, 3.63) is 10.4 Å². The highest BCUT2D eigenvalue weighted by molar-refractivity contribution is 5.89. The Bertz CT molecular complexity index is 378. The monoisotopic (exact) mass is 271 g/mol. The average Bonchev–Trinajstić information content (AvgIpc) is 2.38. The van der Waals surface area contributed by atoms with Crippen LogP contribution >= 0.6 is 0 Å². The Morgan fingerprint density at radius 2 is 2.11 bits per heavy atom. The van der Waals surface area contributed by atoms with Crippen LogP contribution in [-0.4, -0.2) is 42.4 Å². The summed E-state index contributed by atoms with van der Waals surface area (Å²) < 4.78 is 0. The second kappa shape index (κ2) is 9.86. The van der Waals surface area contributed by atoms with Gasteiger partial charge in [-0.25, -0.2) is 0 Å². The number of carbonyl (C=O) groups is 3. The third kappa shape index (κ3) is 8.58. The Hall–Kier alpha value is -2.12. The second-order valence-corrected chi connectivity index (χ2v) is 3.87. The zero-order chi connectivity index (χ0) is 14.7. The van der Waals surface area contributed by atoms with E-state index >= 15 is 0 Å². The van der Waals surface area contributed by atoms with Crippen LogP contribution in [0.25, 0.3) is 10.4 Å². The van der Waals surface area contributed by atoms with E-state index in [0.717, 1.165) is 0 Å². The van der Waals surface area contributed by atoms with Gasteiger partial charge in [-0.15, -0.1) is 0 Å². The van der Waals surface area contributed by atoms with Crippen molar-refractivity contribution in [1.82, 2.24) is 5.32 Å². The van der Waals surface area contributed by atoms with Gasteiger partial charge in [0.05, 0.1) is 12.5 Å². The number of carboxylic acid groups (broad SMARTS) is 1. The van der Waals surface area contributed by atoms with Crippen molar-refractivity contribution in [2.45, 2.75) is 19.3 Å². The summed E-state index contributed by atoms with van der Waals surface area (Å²) in [6.45, 7) is -0.299. The standard InChI is InChI=1S/C10H17N5O4/c11-3-1-2-7(10(18)19)4-8(16)5-13-9(17)6-14-15-12/h7H,1-6,11H2,(H,13,17)(H,18,19). The van der Waals surface area contributed by atoms with Crippen LogP contribution in [0.5, 0.6) is 0 Å². The van der Waals surface area contributed by atoms with Crippen LogP contribution in [0.2, 0.25) is 0 Å². The first-order valence-electron chi connectivity index (χ1n) is 5.73. The molecule has 0 fully saturated rings. The normalized spacial score (nSPS) is 11.2. The van der Waals surface area contributed by atoms with Crippen molar-refractivity contribution >= 4 is 17.7 Å². The van der Waals surface area contributed by atoms with E-state index < -0.39 is 23.6 Å². The molecule has 1 amide bonds. The minimum Gasteiger partial charge on any atom is -0.481 e. The smallest absolute Gasteiger partial charge is 0.306 e. The van der Waals surface area contributed by atoms with Crippen LogP contribution < -0.4 is 11.1 Å². The second-order valence-electron chi connectivity index (χ2n) is 3.87. The summed E-state index contributed by atoms with van der Waals surface area (Å²) in [5.74, 6) is -2.81. The van der Waals surface area contributed by atoms with E-state index in [-0.39, 0.29) is 19.5 Å². The van der Waals surface area contributed by atoms with Gasteiger partial charge in [0.2, 0.25) is 5.91 Å². The van der Waals surface area contributed by atoms with E-state index in [2.05, 4.69) is 15.3 Å². The summed E-state index contributed by atoms with van der Waals surface area (Å²) >= 11 is 0. The lowest BCUT2D eigenvalue weighted by Crippen LogP contribution is -2.32. The maximum Gasteiger partial charge on any atom is 0.306 e. The zero-order valence-corrected chi connectivity index (χ0v) is 10.4. The summed E-state index contributed by atoms with van der Waals surface area (Å²) in [4.78, 5) is 35.8. The number of carboxylic acids is 1.